The molecule has 0 unspecified atom stereocenters. The Labute approximate surface area is 164 Å². The van der Waals surface area contributed by atoms with Crippen molar-refractivity contribution in [1.29, 1.82) is 0 Å². The molecule has 0 saturated carbocycles. The fourth-order valence-corrected chi connectivity index (χ4v) is 4.97. The molecule has 2 aliphatic rings. The highest BCUT2D eigenvalue weighted by Gasteiger charge is 2.27. The average molecular weight is 405 g/mol. The normalized spacial score (nSPS) is 21.3. The van der Waals surface area contributed by atoms with Crippen molar-refractivity contribution in [1.82, 2.24) is 14.9 Å². The van der Waals surface area contributed by atoms with Crippen molar-refractivity contribution in [2.24, 2.45) is 4.99 Å². The van der Waals surface area contributed by atoms with Crippen molar-refractivity contribution >= 4 is 16.0 Å². The second kappa shape index (κ2) is 11.8. The van der Waals surface area contributed by atoms with Gasteiger partial charge in [0.25, 0.3) is 0 Å². The summed E-state index contributed by atoms with van der Waals surface area (Å²) in [5, 5.41) is 6.73. The van der Waals surface area contributed by atoms with Crippen LogP contribution in [-0.2, 0) is 19.5 Å². The molecule has 2 aliphatic heterocycles. The van der Waals surface area contributed by atoms with Crippen molar-refractivity contribution < 1.29 is 17.9 Å². The molecule has 2 saturated heterocycles. The van der Waals surface area contributed by atoms with Crippen LogP contribution in [0.15, 0.2) is 4.99 Å². The highest BCUT2D eigenvalue weighted by molar-refractivity contribution is 7.89. The first kappa shape index (κ1) is 22.4. The van der Waals surface area contributed by atoms with Gasteiger partial charge in [-0.25, -0.2) is 12.7 Å². The van der Waals surface area contributed by atoms with Crippen LogP contribution in [0.1, 0.15) is 45.4 Å². The molecule has 8 nitrogen and oxygen atoms in total. The maximum Gasteiger partial charge on any atom is 0.214 e. The molecule has 158 valence electrons. The van der Waals surface area contributed by atoms with E-state index in [1.54, 1.807) is 11.4 Å². The van der Waals surface area contributed by atoms with E-state index in [1.807, 2.05) is 6.92 Å². The summed E-state index contributed by atoms with van der Waals surface area (Å²) in [5.41, 5.74) is 0. The van der Waals surface area contributed by atoms with Gasteiger partial charge in [-0.3, -0.25) is 4.99 Å². The molecule has 2 N–H and O–H groups in total. The van der Waals surface area contributed by atoms with Crippen LogP contribution in [-0.4, -0.2) is 83.1 Å². The third-order valence-electron chi connectivity index (χ3n) is 5.01. The number of ether oxygens (including phenoxy) is 2. The first-order valence-electron chi connectivity index (χ1n) is 10.2. The van der Waals surface area contributed by atoms with Gasteiger partial charge in [0.2, 0.25) is 10.0 Å². The molecule has 0 aliphatic carbocycles. The lowest BCUT2D eigenvalue weighted by atomic mass is 10.1. The number of nitrogens with one attached hydrogen (secondary N) is 2. The largest absolute Gasteiger partial charge is 0.381 e. The highest BCUT2D eigenvalue weighted by Crippen LogP contribution is 2.15. The summed E-state index contributed by atoms with van der Waals surface area (Å²) in [7, 11) is -1.32. The first-order valence-corrected chi connectivity index (χ1v) is 11.8. The monoisotopic (exact) mass is 404 g/mol. The van der Waals surface area contributed by atoms with Gasteiger partial charge < -0.3 is 20.1 Å². The van der Waals surface area contributed by atoms with E-state index in [0.29, 0.717) is 25.6 Å². The highest BCUT2D eigenvalue weighted by atomic mass is 32.2. The van der Waals surface area contributed by atoms with E-state index in [0.717, 1.165) is 64.4 Å². The van der Waals surface area contributed by atoms with Crippen molar-refractivity contribution in [2.75, 3.05) is 52.3 Å². The van der Waals surface area contributed by atoms with Gasteiger partial charge in [-0.05, 0) is 38.5 Å². The quantitative estimate of drug-likeness (QED) is 0.338. The number of hydrogen-bond acceptors (Lipinski definition) is 5. The SMILES string of the molecule is CCCS(=O)(=O)N1CCC(NC(=NC)NCCCOC2CCOCC2)CC1. The number of nitrogens with zero attached hydrogens (tertiary/aromatic N) is 2. The molecule has 27 heavy (non-hydrogen) atoms. The molecule has 0 radical (unpaired) electrons. The van der Waals surface area contributed by atoms with Crippen LogP contribution in [0.4, 0.5) is 0 Å². The molecule has 0 aromatic heterocycles. The number of aliphatic imine (C=N–C) groups is 1. The summed E-state index contributed by atoms with van der Waals surface area (Å²) in [5.74, 6) is 1.01. The smallest absolute Gasteiger partial charge is 0.214 e. The Morgan fingerprint density at radius 1 is 1.22 bits per heavy atom. The molecule has 0 aromatic carbocycles. The van der Waals surface area contributed by atoms with Gasteiger partial charge in [-0.2, -0.15) is 0 Å². The van der Waals surface area contributed by atoms with Gasteiger partial charge in [-0.15, -0.1) is 0 Å². The summed E-state index contributed by atoms with van der Waals surface area (Å²) < 4.78 is 37.1. The molecule has 0 bridgehead atoms. The molecule has 2 fully saturated rings. The Balaban J connectivity index is 1.60. The lowest BCUT2D eigenvalue weighted by molar-refractivity contribution is -0.0320. The van der Waals surface area contributed by atoms with E-state index in [2.05, 4.69) is 15.6 Å². The van der Waals surface area contributed by atoms with Crippen molar-refractivity contribution in [3.8, 4) is 0 Å². The zero-order valence-corrected chi connectivity index (χ0v) is 17.6. The van der Waals surface area contributed by atoms with Crippen LogP contribution in [0.5, 0.6) is 0 Å². The molecule has 2 rings (SSSR count). The average Bonchev–Trinajstić information content (AvgIpc) is 2.68. The minimum absolute atomic E-state index is 0.240. The lowest BCUT2D eigenvalue weighted by Gasteiger charge is -2.32. The summed E-state index contributed by atoms with van der Waals surface area (Å²) in [4.78, 5) is 4.27. The molecular weight excluding hydrogens is 368 g/mol. The van der Waals surface area contributed by atoms with E-state index in [4.69, 9.17) is 9.47 Å². The van der Waals surface area contributed by atoms with Gasteiger partial charge >= 0.3 is 0 Å². The zero-order chi connectivity index (χ0) is 19.5. The summed E-state index contributed by atoms with van der Waals surface area (Å²) in [6.07, 6.45) is 5.51. The maximum atomic E-state index is 12.1. The Hall–Kier alpha value is -0.900. The second-order valence-electron chi connectivity index (χ2n) is 7.17. The standard InChI is InChI=1S/C18H36N4O4S/c1-3-15-27(23,24)22-10-5-16(6-11-22)21-18(19-2)20-9-4-12-26-17-7-13-25-14-8-17/h16-17H,3-15H2,1-2H3,(H2,19,20,21). The summed E-state index contributed by atoms with van der Waals surface area (Å²) >= 11 is 0. The second-order valence-corrected chi connectivity index (χ2v) is 9.26. The van der Waals surface area contributed by atoms with Gasteiger partial charge in [0.15, 0.2) is 5.96 Å². The van der Waals surface area contributed by atoms with Crippen LogP contribution in [0.2, 0.25) is 0 Å². The third kappa shape index (κ3) is 7.93. The Kier molecular flexibility index (Phi) is 9.81. The minimum Gasteiger partial charge on any atom is -0.381 e. The van der Waals surface area contributed by atoms with Crippen molar-refractivity contribution in [2.45, 2.75) is 57.6 Å². The number of hydrogen-bond donors (Lipinski definition) is 2. The van der Waals surface area contributed by atoms with E-state index >= 15 is 0 Å². The predicted octanol–water partition coefficient (Wildman–Crippen LogP) is 0.941. The lowest BCUT2D eigenvalue weighted by Crippen LogP contribution is -2.50. The van der Waals surface area contributed by atoms with Gasteiger partial charge in [0.05, 0.1) is 11.9 Å². The Bertz CT molecular complexity index is 542. The van der Waals surface area contributed by atoms with Crippen molar-refractivity contribution in [3.05, 3.63) is 0 Å². The van der Waals surface area contributed by atoms with Crippen LogP contribution >= 0.6 is 0 Å². The van der Waals surface area contributed by atoms with Crippen LogP contribution in [0.3, 0.4) is 0 Å². The molecule has 9 heteroatoms. The van der Waals surface area contributed by atoms with E-state index in [1.165, 1.54) is 0 Å². The topological polar surface area (TPSA) is 92.3 Å². The Morgan fingerprint density at radius 2 is 1.93 bits per heavy atom. The van der Waals surface area contributed by atoms with Crippen LogP contribution in [0.25, 0.3) is 0 Å². The minimum atomic E-state index is -3.08. The molecule has 2 heterocycles. The zero-order valence-electron chi connectivity index (χ0n) is 16.8. The Morgan fingerprint density at radius 3 is 2.56 bits per heavy atom. The van der Waals surface area contributed by atoms with Gasteiger partial charge in [0.1, 0.15) is 0 Å². The number of piperidine rings is 1. The third-order valence-corrected chi connectivity index (χ3v) is 7.09. The van der Waals surface area contributed by atoms with Crippen LogP contribution in [0, 0.1) is 0 Å². The molecule has 0 spiro atoms. The van der Waals surface area contributed by atoms with Gasteiger partial charge in [0, 0.05) is 52.5 Å². The van der Waals surface area contributed by atoms with E-state index < -0.39 is 10.0 Å². The fraction of sp³-hybridized carbons (Fsp3) is 0.944. The van der Waals surface area contributed by atoms with Crippen molar-refractivity contribution in [3.63, 3.8) is 0 Å². The fourth-order valence-electron chi connectivity index (χ4n) is 3.42. The first-order chi connectivity index (χ1) is 13.0. The summed E-state index contributed by atoms with van der Waals surface area (Å²) in [6, 6.07) is 0.253. The number of guanidine groups is 1. The molecule has 0 atom stereocenters. The van der Waals surface area contributed by atoms with Crippen LogP contribution < -0.4 is 10.6 Å². The molecular formula is C18H36N4O4S. The molecule has 0 amide bonds. The number of rotatable bonds is 9. The predicted molar refractivity (Wildman–Crippen MR) is 108 cm³/mol. The maximum absolute atomic E-state index is 12.1. The van der Waals surface area contributed by atoms with E-state index in [-0.39, 0.29) is 11.8 Å². The number of sulfonamides is 1. The van der Waals surface area contributed by atoms with Gasteiger partial charge in [-0.1, -0.05) is 6.92 Å². The van der Waals surface area contributed by atoms with E-state index in [9.17, 15) is 8.42 Å². The summed E-state index contributed by atoms with van der Waals surface area (Å²) in [6.45, 7) is 6.20. The molecule has 0 aromatic rings.